The Bertz CT molecular complexity index is 909. The summed E-state index contributed by atoms with van der Waals surface area (Å²) < 4.78 is 1.64. The standard InChI is InChI=1S/C21H27N5O3/c1-14-20(26(28)29)15(2)25(23-14)13-16-3-5-17(6-4-16)21(27)22-18-9-11-24(12-10-18)19-7-8-19/h3-6,18-19H,7-13H2,1-2H3,(H,22,27). The minimum atomic E-state index is -0.392. The van der Waals surface area contributed by atoms with Crippen molar-refractivity contribution >= 4 is 11.6 Å². The van der Waals surface area contributed by atoms with E-state index in [2.05, 4.69) is 15.3 Å². The van der Waals surface area contributed by atoms with Gasteiger partial charge in [-0.3, -0.25) is 19.6 Å². The Labute approximate surface area is 170 Å². The van der Waals surface area contributed by atoms with E-state index in [-0.39, 0.29) is 17.6 Å². The molecular weight excluding hydrogens is 370 g/mol. The average molecular weight is 397 g/mol. The molecule has 29 heavy (non-hydrogen) atoms. The summed E-state index contributed by atoms with van der Waals surface area (Å²) in [6, 6.07) is 8.42. The van der Waals surface area contributed by atoms with Crippen LogP contribution in [0.3, 0.4) is 0 Å². The summed E-state index contributed by atoms with van der Waals surface area (Å²) in [6.07, 6.45) is 4.68. The Morgan fingerprint density at radius 3 is 2.38 bits per heavy atom. The minimum absolute atomic E-state index is 0.0387. The number of nitrogens with one attached hydrogen (secondary N) is 1. The van der Waals surface area contributed by atoms with Gasteiger partial charge in [-0.1, -0.05) is 12.1 Å². The number of nitrogens with zero attached hydrogens (tertiary/aromatic N) is 4. The van der Waals surface area contributed by atoms with Gasteiger partial charge in [-0.25, -0.2) is 0 Å². The predicted molar refractivity (Wildman–Crippen MR) is 109 cm³/mol. The molecule has 8 heteroatoms. The third-order valence-corrected chi connectivity index (χ3v) is 6.00. The Morgan fingerprint density at radius 2 is 1.83 bits per heavy atom. The average Bonchev–Trinajstić information content (AvgIpc) is 3.49. The Morgan fingerprint density at radius 1 is 1.17 bits per heavy atom. The molecule has 1 saturated carbocycles. The second-order valence-corrected chi connectivity index (χ2v) is 8.15. The van der Waals surface area contributed by atoms with Gasteiger partial charge < -0.3 is 10.2 Å². The molecule has 2 heterocycles. The smallest absolute Gasteiger partial charge is 0.312 e. The van der Waals surface area contributed by atoms with Crippen LogP contribution >= 0.6 is 0 Å². The van der Waals surface area contributed by atoms with E-state index in [1.165, 1.54) is 12.8 Å². The van der Waals surface area contributed by atoms with E-state index in [0.717, 1.165) is 37.5 Å². The number of piperidine rings is 1. The fourth-order valence-corrected chi connectivity index (χ4v) is 4.16. The van der Waals surface area contributed by atoms with Gasteiger partial charge in [0.25, 0.3) is 5.91 Å². The van der Waals surface area contributed by atoms with Crippen molar-refractivity contribution < 1.29 is 9.72 Å². The summed E-state index contributed by atoms with van der Waals surface area (Å²) in [6.45, 7) is 5.92. The maximum Gasteiger partial charge on any atom is 0.312 e. The highest BCUT2D eigenvalue weighted by Crippen LogP contribution is 2.29. The van der Waals surface area contributed by atoms with Gasteiger partial charge in [0, 0.05) is 30.7 Å². The van der Waals surface area contributed by atoms with Crippen LogP contribution in [0, 0.1) is 24.0 Å². The highest BCUT2D eigenvalue weighted by atomic mass is 16.6. The summed E-state index contributed by atoms with van der Waals surface area (Å²) in [4.78, 5) is 25.9. The van der Waals surface area contributed by atoms with Crippen LogP contribution in [0.1, 0.15) is 53.0 Å². The maximum atomic E-state index is 12.6. The van der Waals surface area contributed by atoms with Gasteiger partial charge in [0.05, 0.1) is 11.5 Å². The monoisotopic (exact) mass is 397 g/mol. The molecule has 1 saturated heterocycles. The first-order chi connectivity index (χ1) is 13.9. The lowest BCUT2D eigenvalue weighted by atomic mass is 10.0. The molecule has 0 bridgehead atoms. The van der Waals surface area contributed by atoms with Gasteiger partial charge in [0.15, 0.2) is 0 Å². The van der Waals surface area contributed by atoms with E-state index in [1.807, 2.05) is 24.3 Å². The summed E-state index contributed by atoms with van der Waals surface area (Å²) >= 11 is 0. The first-order valence-electron chi connectivity index (χ1n) is 10.2. The van der Waals surface area contributed by atoms with Gasteiger partial charge in [-0.2, -0.15) is 5.10 Å². The number of hydrogen-bond donors (Lipinski definition) is 1. The number of aryl methyl sites for hydroxylation is 1. The van der Waals surface area contributed by atoms with Crippen LogP contribution in [0.2, 0.25) is 0 Å². The second kappa shape index (κ2) is 7.94. The lowest BCUT2D eigenvalue weighted by Crippen LogP contribution is -2.45. The van der Waals surface area contributed by atoms with E-state index in [4.69, 9.17) is 0 Å². The Balaban J connectivity index is 1.35. The van der Waals surface area contributed by atoms with Crippen LogP contribution in [-0.4, -0.2) is 50.7 Å². The quantitative estimate of drug-likeness (QED) is 0.598. The van der Waals surface area contributed by atoms with Crippen molar-refractivity contribution in [2.45, 2.75) is 58.2 Å². The molecule has 0 radical (unpaired) electrons. The molecule has 0 atom stereocenters. The summed E-state index contributed by atoms with van der Waals surface area (Å²) in [5.74, 6) is -0.0387. The van der Waals surface area contributed by atoms with Gasteiger partial charge in [0.1, 0.15) is 11.4 Å². The van der Waals surface area contributed by atoms with Crippen LogP contribution < -0.4 is 5.32 Å². The van der Waals surface area contributed by atoms with Crippen LogP contribution in [-0.2, 0) is 6.54 Å². The first kappa shape index (κ1) is 19.6. The number of likely N-dealkylation sites (tertiary alicyclic amines) is 1. The van der Waals surface area contributed by atoms with Crippen LogP contribution in [0.25, 0.3) is 0 Å². The van der Waals surface area contributed by atoms with E-state index >= 15 is 0 Å². The number of aromatic nitrogens is 2. The molecule has 1 N–H and O–H groups in total. The molecule has 1 aromatic carbocycles. The fourth-order valence-electron chi connectivity index (χ4n) is 4.16. The molecule has 2 aromatic rings. The number of hydrogen-bond acceptors (Lipinski definition) is 5. The van der Waals surface area contributed by atoms with Crippen molar-refractivity contribution in [2.75, 3.05) is 13.1 Å². The van der Waals surface area contributed by atoms with Crippen molar-refractivity contribution in [1.29, 1.82) is 0 Å². The largest absolute Gasteiger partial charge is 0.349 e. The number of rotatable bonds is 6. The third-order valence-electron chi connectivity index (χ3n) is 6.00. The summed E-state index contributed by atoms with van der Waals surface area (Å²) in [7, 11) is 0. The molecule has 1 amide bonds. The van der Waals surface area contributed by atoms with E-state index in [0.29, 0.717) is 23.5 Å². The number of carbonyl (C=O) groups is 1. The predicted octanol–water partition coefficient (Wildman–Crippen LogP) is 2.81. The molecular formula is C21H27N5O3. The highest BCUT2D eigenvalue weighted by molar-refractivity contribution is 5.94. The Kier molecular flexibility index (Phi) is 5.36. The van der Waals surface area contributed by atoms with Crippen LogP contribution in [0.5, 0.6) is 0 Å². The van der Waals surface area contributed by atoms with Gasteiger partial charge in [0.2, 0.25) is 0 Å². The van der Waals surface area contributed by atoms with Crippen LogP contribution in [0.4, 0.5) is 5.69 Å². The van der Waals surface area contributed by atoms with Gasteiger partial charge in [-0.05, 0) is 57.2 Å². The fraction of sp³-hybridized carbons (Fsp3) is 0.524. The van der Waals surface area contributed by atoms with Gasteiger partial charge >= 0.3 is 5.69 Å². The molecule has 4 rings (SSSR count). The molecule has 154 valence electrons. The summed E-state index contributed by atoms with van der Waals surface area (Å²) in [5.41, 5.74) is 2.59. The molecule has 0 unspecified atom stereocenters. The molecule has 8 nitrogen and oxygen atoms in total. The first-order valence-corrected chi connectivity index (χ1v) is 10.2. The van der Waals surface area contributed by atoms with Crippen molar-refractivity contribution in [1.82, 2.24) is 20.0 Å². The molecule has 2 fully saturated rings. The zero-order chi connectivity index (χ0) is 20.5. The van der Waals surface area contributed by atoms with Crippen molar-refractivity contribution in [3.05, 3.63) is 56.9 Å². The van der Waals surface area contributed by atoms with Crippen LogP contribution in [0.15, 0.2) is 24.3 Å². The molecule has 0 spiro atoms. The second-order valence-electron chi connectivity index (χ2n) is 8.15. The SMILES string of the molecule is Cc1nn(Cc2ccc(C(=O)NC3CCN(C4CC4)CC3)cc2)c(C)c1[N+](=O)[O-]. The molecule has 1 aliphatic heterocycles. The zero-order valence-electron chi connectivity index (χ0n) is 16.9. The molecule has 1 aromatic heterocycles. The topological polar surface area (TPSA) is 93.3 Å². The Hall–Kier alpha value is -2.74. The zero-order valence-corrected chi connectivity index (χ0v) is 16.9. The lowest BCUT2D eigenvalue weighted by Gasteiger charge is -2.32. The van der Waals surface area contributed by atoms with E-state index < -0.39 is 4.92 Å². The number of amides is 1. The highest BCUT2D eigenvalue weighted by Gasteiger charge is 2.32. The lowest BCUT2D eigenvalue weighted by molar-refractivity contribution is -0.386. The van der Waals surface area contributed by atoms with E-state index in [1.54, 1.807) is 18.5 Å². The van der Waals surface area contributed by atoms with Crippen molar-refractivity contribution in [3.8, 4) is 0 Å². The molecule has 2 aliphatic rings. The third kappa shape index (κ3) is 4.32. The molecule has 1 aliphatic carbocycles. The van der Waals surface area contributed by atoms with Gasteiger partial charge in [-0.15, -0.1) is 0 Å². The maximum absolute atomic E-state index is 12.6. The number of carbonyl (C=O) groups excluding carboxylic acids is 1. The number of nitro groups is 1. The van der Waals surface area contributed by atoms with Crippen molar-refractivity contribution in [2.24, 2.45) is 0 Å². The normalized spacial score (nSPS) is 18.0. The van der Waals surface area contributed by atoms with E-state index in [9.17, 15) is 14.9 Å². The number of benzene rings is 1. The summed E-state index contributed by atoms with van der Waals surface area (Å²) in [5, 5.41) is 18.6. The minimum Gasteiger partial charge on any atom is -0.349 e. The van der Waals surface area contributed by atoms with Crippen molar-refractivity contribution in [3.63, 3.8) is 0 Å².